The van der Waals surface area contributed by atoms with Crippen molar-refractivity contribution < 1.29 is 4.74 Å². The van der Waals surface area contributed by atoms with Crippen LogP contribution >= 0.6 is 35.6 Å². The number of rotatable bonds is 5. The first-order valence-electron chi connectivity index (χ1n) is 8.83. The van der Waals surface area contributed by atoms with Gasteiger partial charge in [-0.3, -0.25) is 9.89 Å². The predicted octanol–water partition coefficient (Wildman–Crippen LogP) is 4.07. The summed E-state index contributed by atoms with van der Waals surface area (Å²) >= 11 is 6.19. The number of aliphatic imine (C=N–C) groups is 1. The molecule has 0 bridgehead atoms. The summed E-state index contributed by atoms with van der Waals surface area (Å²) in [5, 5.41) is 3.88. The molecule has 0 spiro atoms. The summed E-state index contributed by atoms with van der Waals surface area (Å²) in [6, 6.07) is 16.1. The Hall–Kier alpha value is -1.35. The van der Waals surface area contributed by atoms with Gasteiger partial charge in [0.15, 0.2) is 5.96 Å². The number of morpholine rings is 1. The van der Waals surface area contributed by atoms with Gasteiger partial charge in [-0.1, -0.05) is 41.4 Å². The van der Waals surface area contributed by atoms with Gasteiger partial charge in [-0.05, 0) is 36.8 Å². The molecule has 2 aromatic rings. The third-order valence-electron chi connectivity index (χ3n) is 4.48. The molecule has 0 aromatic heterocycles. The Morgan fingerprint density at radius 1 is 1.22 bits per heavy atom. The van der Waals surface area contributed by atoms with Crippen LogP contribution in [-0.4, -0.2) is 43.7 Å². The summed E-state index contributed by atoms with van der Waals surface area (Å²) < 4.78 is 5.48. The minimum absolute atomic E-state index is 0. The molecule has 1 aliphatic heterocycles. The lowest BCUT2D eigenvalue weighted by molar-refractivity contribution is 0.0180. The van der Waals surface area contributed by atoms with Crippen molar-refractivity contribution in [2.75, 3.05) is 38.2 Å². The fourth-order valence-electron chi connectivity index (χ4n) is 3.04. The smallest absolute Gasteiger partial charge is 0.193 e. The number of anilines is 1. The van der Waals surface area contributed by atoms with Gasteiger partial charge in [-0.25, -0.2) is 0 Å². The number of guanidine groups is 1. The van der Waals surface area contributed by atoms with Crippen LogP contribution in [0, 0.1) is 6.92 Å². The van der Waals surface area contributed by atoms with Crippen molar-refractivity contribution in [3.8, 4) is 0 Å². The van der Waals surface area contributed by atoms with E-state index >= 15 is 0 Å². The Bertz CT molecular complexity index is 748. The Morgan fingerprint density at radius 3 is 2.59 bits per heavy atom. The van der Waals surface area contributed by atoms with Gasteiger partial charge in [0.25, 0.3) is 0 Å². The molecule has 5 nitrogen and oxygen atoms in total. The van der Waals surface area contributed by atoms with Crippen molar-refractivity contribution in [3.63, 3.8) is 0 Å². The zero-order valence-electron chi connectivity index (χ0n) is 15.4. The van der Waals surface area contributed by atoms with Crippen molar-refractivity contribution >= 4 is 47.2 Å². The van der Waals surface area contributed by atoms with E-state index in [9.17, 15) is 0 Å². The highest BCUT2D eigenvalue weighted by Gasteiger charge is 2.22. The number of hydrogen-bond donors (Lipinski definition) is 2. The number of nitrogens with one attached hydrogen (secondary N) is 1. The van der Waals surface area contributed by atoms with Crippen LogP contribution in [0.5, 0.6) is 0 Å². The van der Waals surface area contributed by atoms with Gasteiger partial charge < -0.3 is 15.8 Å². The van der Waals surface area contributed by atoms with Gasteiger partial charge in [0, 0.05) is 23.8 Å². The molecule has 1 fully saturated rings. The number of aryl methyl sites for hydroxylation is 1. The molecule has 0 amide bonds. The van der Waals surface area contributed by atoms with Gasteiger partial charge in [-0.2, -0.15) is 0 Å². The summed E-state index contributed by atoms with van der Waals surface area (Å²) in [4.78, 5) is 6.95. The summed E-state index contributed by atoms with van der Waals surface area (Å²) in [5.74, 6) is 0.411. The molecule has 1 saturated heterocycles. The standard InChI is InChI=1S/C20H25ClN4O.HI/c1-15-5-7-18(8-6-15)24-20(22)23-14-19(25-9-11-26-12-10-25)16-3-2-4-17(21)13-16;/h2-8,13,19H,9-12,14H2,1H3,(H3,22,23,24);1H. The maximum absolute atomic E-state index is 6.19. The van der Waals surface area contributed by atoms with E-state index in [-0.39, 0.29) is 30.0 Å². The molecular formula is C20H26ClIN4O. The van der Waals surface area contributed by atoms with E-state index in [1.165, 1.54) is 5.56 Å². The highest BCUT2D eigenvalue weighted by Crippen LogP contribution is 2.25. The van der Waals surface area contributed by atoms with Crippen molar-refractivity contribution in [2.45, 2.75) is 13.0 Å². The minimum atomic E-state index is 0. The maximum atomic E-state index is 6.19. The lowest BCUT2D eigenvalue weighted by Gasteiger charge is -2.34. The summed E-state index contributed by atoms with van der Waals surface area (Å²) in [6.45, 7) is 5.83. The van der Waals surface area contributed by atoms with Crippen LogP contribution in [0.15, 0.2) is 53.5 Å². The van der Waals surface area contributed by atoms with Crippen LogP contribution in [-0.2, 0) is 4.74 Å². The summed E-state index contributed by atoms with van der Waals surface area (Å²) in [5.41, 5.74) is 9.38. The normalized spacial score (nSPS) is 16.4. The zero-order valence-corrected chi connectivity index (χ0v) is 18.5. The first-order chi connectivity index (χ1) is 12.6. The van der Waals surface area contributed by atoms with Crippen molar-refractivity contribution in [1.82, 2.24) is 4.90 Å². The summed E-state index contributed by atoms with van der Waals surface area (Å²) in [6.07, 6.45) is 0. The Balaban J connectivity index is 0.00000261. The average Bonchev–Trinajstić information content (AvgIpc) is 2.65. The molecule has 27 heavy (non-hydrogen) atoms. The first-order valence-corrected chi connectivity index (χ1v) is 9.20. The lowest BCUT2D eigenvalue weighted by Crippen LogP contribution is -2.40. The van der Waals surface area contributed by atoms with Crippen LogP contribution < -0.4 is 11.1 Å². The molecule has 0 radical (unpaired) electrons. The Labute approximate surface area is 183 Å². The van der Waals surface area contributed by atoms with E-state index in [2.05, 4.69) is 28.2 Å². The van der Waals surface area contributed by atoms with Crippen LogP contribution in [0.2, 0.25) is 5.02 Å². The van der Waals surface area contributed by atoms with Gasteiger partial charge in [0.05, 0.1) is 25.8 Å². The topological polar surface area (TPSA) is 62.9 Å². The number of nitrogens with two attached hydrogens (primary N) is 1. The van der Waals surface area contributed by atoms with Crippen LogP contribution in [0.3, 0.4) is 0 Å². The van der Waals surface area contributed by atoms with Crippen LogP contribution in [0.25, 0.3) is 0 Å². The second-order valence-corrected chi connectivity index (χ2v) is 6.87. The number of hydrogen-bond acceptors (Lipinski definition) is 3. The van der Waals surface area contributed by atoms with E-state index in [0.717, 1.165) is 42.6 Å². The van der Waals surface area contributed by atoms with Gasteiger partial charge in [-0.15, -0.1) is 24.0 Å². The molecule has 2 aromatic carbocycles. The Kier molecular flexibility index (Phi) is 8.82. The zero-order chi connectivity index (χ0) is 18.4. The minimum Gasteiger partial charge on any atom is -0.379 e. The third-order valence-corrected chi connectivity index (χ3v) is 4.71. The fraction of sp³-hybridized carbons (Fsp3) is 0.350. The number of halogens is 2. The lowest BCUT2D eigenvalue weighted by atomic mass is 10.0. The predicted molar refractivity (Wildman–Crippen MR) is 123 cm³/mol. The number of nitrogens with zero attached hydrogens (tertiary/aromatic N) is 2. The molecule has 3 rings (SSSR count). The SMILES string of the molecule is Cc1ccc(NC(N)=NCC(c2cccc(Cl)c2)N2CCOCC2)cc1.I. The summed E-state index contributed by atoms with van der Waals surface area (Å²) in [7, 11) is 0. The molecule has 0 saturated carbocycles. The molecule has 3 N–H and O–H groups in total. The average molecular weight is 501 g/mol. The van der Waals surface area contributed by atoms with E-state index in [4.69, 9.17) is 22.1 Å². The largest absolute Gasteiger partial charge is 0.379 e. The molecule has 7 heteroatoms. The number of benzene rings is 2. The van der Waals surface area contributed by atoms with E-state index in [1.807, 2.05) is 42.5 Å². The van der Waals surface area contributed by atoms with Gasteiger partial charge >= 0.3 is 0 Å². The quantitative estimate of drug-likeness (QED) is 0.369. The second kappa shape index (κ2) is 10.8. The molecule has 1 atom stereocenters. The Morgan fingerprint density at radius 2 is 1.93 bits per heavy atom. The molecule has 1 unspecified atom stereocenters. The molecule has 1 aliphatic rings. The second-order valence-electron chi connectivity index (χ2n) is 6.44. The monoisotopic (exact) mass is 500 g/mol. The van der Waals surface area contributed by atoms with Crippen LogP contribution in [0.1, 0.15) is 17.2 Å². The van der Waals surface area contributed by atoms with E-state index < -0.39 is 0 Å². The van der Waals surface area contributed by atoms with Crippen molar-refractivity contribution in [3.05, 3.63) is 64.7 Å². The van der Waals surface area contributed by atoms with Gasteiger partial charge in [0.1, 0.15) is 0 Å². The van der Waals surface area contributed by atoms with Gasteiger partial charge in [0.2, 0.25) is 0 Å². The molecule has 146 valence electrons. The first kappa shape index (κ1) is 21.9. The molecule has 1 heterocycles. The fourth-order valence-corrected chi connectivity index (χ4v) is 3.24. The molecular weight excluding hydrogens is 475 g/mol. The van der Waals surface area contributed by atoms with E-state index in [0.29, 0.717) is 12.5 Å². The van der Waals surface area contributed by atoms with Crippen molar-refractivity contribution in [1.29, 1.82) is 0 Å². The molecule has 0 aliphatic carbocycles. The number of ether oxygens (including phenoxy) is 1. The van der Waals surface area contributed by atoms with Crippen molar-refractivity contribution in [2.24, 2.45) is 10.7 Å². The maximum Gasteiger partial charge on any atom is 0.193 e. The third kappa shape index (κ3) is 6.64. The highest BCUT2D eigenvalue weighted by atomic mass is 127. The van der Waals surface area contributed by atoms with Crippen LogP contribution in [0.4, 0.5) is 5.69 Å². The van der Waals surface area contributed by atoms with E-state index in [1.54, 1.807) is 0 Å². The highest BCUT2D eigenvalue weighted by molar-refractivity contribution is 14.0.